The van der Waals surface area contributed by atoms with Crippen molar-refractivity contribution in [3.8, 4) is 22.7 Å². The third kappa shape index (κ3) is 2.27. The summed E-state index contributed by atoms with van der Waals surface area (Å²) in [5.74, 6) is 0.873. The van der Waals surface area contributed by atoms with Crippen LogP contribution in [0.5, 0.6) is 5.75 Å². The van der Waals surface area contributed by atoms with E-state index >= 15 is 0 Å². The van der Waals surface area contributed by atoms with Gasteiger partial charge in [0.25, 0.3) is 0 Å². The number of rotatable bonds is 2. The lowest BCUT2D eigenvalue weighted by Crippen LogP contribution is -2.07. The van der Waals surface area contributed by atoms with Crippen LogP contribution in [0.3, 0.4) is 0 Å². The zero-order chi connectivity index (χ0) is 16.8. The number of aliphatic hydroxyl groups excluding tert-OH is 1. The largest absolute Gasteiger partial charge is 0.488 e. The summed E-state index contributed by atoms with van der Waals surface area (Å²) in [5.41, 5.74) is 5.40. The number of pyridine rings is 1. The molecule has 25 heavy (non-hydrogen) atoms. The number of aromatic nitrogens is 4. The Morgan fingerprint density at radius 2 is 2.04 bits per heavy atom. The first kappa shape index (κ1) is 14.1. The van der Waals surface area contributed by atoms with Crippen LogP contribution in [0.4, 0.5) is 0 Å². The maximum Gasteiger partial charge on any atom is 0.129 e. The summed E-state index contributed by atoms with van der Waals surface area (Å²) in [6.07, 6.45) is 1.71. The van der Waals surface area contributed by atoms with Crippen molar-refractivity contribution in [1.29, 1.82) is 0 Å². The molecule has 122 valence electrons. The van der Waals surface area contributed by atoms with E-state index in [1.807, 2.05) is 42.5 Å². The molecule has 0 saturated carbocycles. The summed E-state index contributed by atoms with van der Waals surface area (Å²) < 4.78 is 7.49. The van der Waals surface area contributed by atoms with Gasteiger partial charge in [-0.05, 0) is 36.4 Å². The Morgan fingerprint density at radius 1 is 1.12 bits per heavy atom. The quantitative estimate of drug-likeness (QED) is 0.612. The molecule has 4 aromatic rings. The second-order valence-electron chi connectivity index (χ2n) is 5.97. The molecule has 0 spiro atoms. The number of benzene rings is 2. The van der Waals surface area contributed by atoms with Gasteiger partial charge in [-0.3, -0.25) is 0 Å². The zero-order valence-corrected chi connectivity index (χ0v) is 13.3. The van der Waals surface area contributed by atoms with Crippen molar-refractivity contribution in [2.24, 2.45) is 0 Å². The molecule has 1 aliphatic heterocycles. The number of ether oxygens (including phenoxy) is 1. The fourth-order valence-corrected chi connectivity index (χ4v) is 3.13. The van der Waals surface area contributed by atoms with Gasteiger partial charge >= 0.3 is 0 Å². The molecule has 0 aliphatic carbocycles. The normalized spacial score (nSPS) is 12.5. The number of aliphatic hydroxyl groups is 1. The first-order chi connectivity index (χ1) is 12.3. The highest BCUT2D eigenvalue weighted by Gasteiger charge is 2.19. The van der Waals surface area contributed by atoms with Crippen LogP contribution in [0, 0.1) is 0 Å². The lowest BCUT2D eigenvalue weighted by Gasteiger charge is -2.20. The average molecular weight is 330 g/mol. The van der Waals surface area contributed by atoms with E-state index < -0.39 is 0 Å². The van der Waals surface area contributed by atoms with Gasteiger partial charge in [0.15, 0.2) is 0 Å². The van der Waals surface area contributed by atoms with Crippen molar-refractivity contribution in [3.05, 3.63) is 66.0 Å². The molecule has 0 radical (unpaired) electrons. The van der Waals surface area contributed by atoms with E-state index in [4.69, 9.17) is 14.8 Å². The van der Waals surface area contributed by atoms with Crippen LogP contribution in [-0.4, -0.2) is 25.1 Å². The minimum atomic E-state index is -0.126. The third-order valence-corrected chi connectivity index (χ3v) is 4.37. The molecule has 6 heteroatoms. The number of hydrogen-bond acceptors (Lipinski definition) is 5. The van der Waals surface area contributed by atoms with Gasteiger partial charge in [-0.2, -0.15) is 0 Å². The van der Waals surface area contributed by atoms with Gasteiger partial charge in [0.2, 0.25) is 0 Å². The van der Waals surface area contributed by atoms with Crippen LogP contribution in [0.15, 0.2) is 54.7 Å². The van der Waals surface area contributed by atoms with Gasteiger partial charge < -0.3 is 9.84 Å². The SMILES string of the molecule is OCc1cn(-c2ccc3nc4c(cc3c2)COc2ccccc2-4)nn1. The summed E-state index contributed by atoms with van der Waals surface area (Å²) >= 11 is 0. The smallest absolute Gasteiger partial charge is 0.129 e. The molecule has 2 aromatic carbocycles. The fraction of sp³-hybridized carbons (Fsp3) is 0.105. The van der Waals surface area contributed by atoms with E-state index in [0.29, 0.717) is 12.3 Å². The van der Waals surface area contributed by atoms with Gasteiger partial charge in [0.05, 0.1) is 29.7 Å². The molecular weight excluding hydrogens is 316 g/mol. The van der Waals surface area contributed by atoms with E-state index in [1.165, 1.54) is 0 Å². The van der Waals surface area contributed by atoms with Crippen LogP contribution in [0.1, 0.15) is 11.3 Å². The number of nitrogens with zero attached hydrogens (tertiary/aromatic N) is 4. The molecule has 2 aromatic heterocycles. The van der Waals surface area contributed by atoms with Crippen molar-refractivity contribution >= 4 is 10.9 Å². The number of hydrogen-bond donors (Lipinski definition) is 1. The number of fused-ring (bicyclic) bond motifs is 4. The van der Waals surface area contributed by atoms with Crippen LogP contribution < -0.4 is 4.74 Å². The Hall–Kier alpha value is -3.25. The Kier molecular flexibility index (Phi) is 3.05. The second-order valence-corrected chi connectivity index (χ2v) is 5.97. The van der Waals surface area contributed by atoms with Gasteiger partial charge in [0, 0.05) is 16.5 Å². The highest BCUT2D eigenvalue weighted by Crippen LogP contribution is 2.37. The molecule has 0 fully saturated rings. The standard InChI is InChI=1S/C19H14N4O2/c24-10-14-9-23(22-21-14)15-5-6-17-12(8-15)7-13-11-25-18-4-2-1-3-16(18)19(13)20-17/h1-9,24H,10-11H2. The monoisotopic (exact) mass is 330 g/mol. The Labute approximate surface area is 143 Å². The average Bonchev–Trinajstić information content (AvgIpc) is 3.15. The maximum atomic E-state index is 9.14. The van der Waals surface area contributed by atoms with Crippen molar-refractivity contribution < 1.29 is 9.84 Å². The van der Waals surface area contributed by atoms with E-state index in [1.54, 1.807) is 10.9 Å². The highest BCUT2D eigenvalue weighted by atomic mass is 16.5. The Bertz CT molecular complexity index is 1100. The molecule has 0 atom stereocenters. The minimum absolute atomic E-state index is 0.126. The molecule has 0 saturated heterocycles. The van der Waals surface area contributed by atoms with Crippen LogP contribution in [-0.2, 0) is 13.2 Å². The van der Waals surface area contributed by atoms with Crippen molar-refractivity contribution in [1.82, 2.24) is 20.0 Å². The lowest BCUT2D eigenvalue weighted by atomic mass is 10.0. The molecular formula is C19H14N4O2. The van der Waals surface area contributed by atoms with E-state index in [0.717, 1.165) is 39.2 Å². The van der Waals surface area contributed by atoms with Crippen LogP contribution in [0.25, 0.3) is 27.8 Å². The van der Waals surface area contributed by atoms with Gasteiger partial charge in [-0.1, -0.05) is 17.3 Å². The first-order valence-electron chi connectivity index (χ1n) is 8.00. The van der Waals surface area contributed by atoms with Gasteiger partial charge in [0.1, 0.15) is 18.1 Å². The molecule has 0 bridgehead atoms. The van der Waals surface area contributed by atoms with Gasteiger partial charge in [-0.15, -0.1) is 5.10 Å². The first-order valence-corrected chi connectivity index (χ1v) is 8.00. The molecule has 1 N–H and O–H groups in total. The number of para-hydroxylation sites is 1. The van der Waals surface area contributed by atoms with Crippen molar-refractivity contribution in [3.63, 3.8) is 0 Å². The summed E-state index contributed by atoms with van der Waals surface area (Å²) in [7, 11) is 0. The second kappa shape index (κ2) is 5.39. The molecule has 6 nitrogen and oxygen atoms in total. The maximum absolute atomic E-state index is 9.14. The van der Waals surface area contributed by atoms with Crippen LogP contribution >= 0.6 is 0 Å². The van der Waals surface area contributed by atoms with Crippen molar-refractivity contribution in [2.45, 2.75) is 13.2 Å². The summed E-state index contributed by atoms with van der Waals surface area (Å²) in [6, 6.07) is 16.0. The van der Waals surface area contributed by atoms with Gasteiger partial charge in [-0.25, -0.2) is 9.67 Å². The highest BCUT2D eigenvalue weighted by molar-refractivity contribution is 5.86. The third-order valence-electron chi connectivity index (χ3n) is 4.37. The summed E-state index contributed by atoms with van der Waals surface area (Å²) in [4.78, 5) is 4.85. The molecule has 0 unspecified atom stereocenters. The zero-order valence-electron chi connectivity index (χ0n) is 13.3. The van der Waals surface area contributed by atoms with E-state index in [2.05, 4.69) is 16.4 Å². The van der Waals surface area contributed by atoms with E-state index in [-0.39, 0.29) is 6.61 Å². The summed E-state index contributed by atoms with van der Waals surface area (Å²) in [6.45, 7) is 0.386. The minimum Gasteiger partial charge on any atom is -0.488 e. The van der Waals surface area contributed by atoms with Crippen LogP contribution in [0.2, 0.25) is 0 Å². The lowest BCUT2D eigenvalue weighted by molar-refractivity contribution is 0.276. The Morgan fingerprint density at radius 3 is 2.92 bits per heavy atom. The Balaban J connectivity index is 1.65. The molecule has 3 heterocycles. The molecule has 1 aliphatic rings. The van der Waals surface area contributed by atoms with Crippen molar-refractivity contribution in [2.75, 3.05) is 0 Å². The fourth-order valence-electron chi connectivity index (χ4n) is 3.13. The topological polar surface area (TPSA) is 73.1 Å². The summed E-state index contributed by atoms with van der Waals surface area (Å²) in [5, 5.41) is 18.1. The molecule has 5 rings (SSSR count). The predicted octanol–water partition coefficient (Wildman–Crippen LogP) is 2.87. The van der Waals surface area contributed by atoms with E-state index in [9.17, 15) is 0 Å². The predicted molar refractivity (Wildman–Crippen MR) is 92.4 cm³/mol. The molecule has 0 amide bonds.